The maximum atomic E-state index is 13.3. The van der Waals surface area contributed by atoms with E-state index in [4.69, 9.17) is 5.73 Å². The van der Waals surface area contributed by atoms with E-state index in [0.29, 0.717) is 12.0 Å². The Balaban J connectivity index is 2.42. The molecule has 0 spiro atoms. The molecule has 0 aliphatic rings. The summed E-state index contributed by atoms with van der Waals surface area (Å²) in [7, 11) is 0. The van der Waals surface area contributed by atoms with E-state index in [-0.39, 0.29) is 13.2 Å². The van der Waals surface area contributed by atoms with E-state index in [1.807, 2.05) is 0 Å². The second kappa shape index (κ2) is 5.73. The summed E-state index contributed by atoms with van der Waals surface area (Å²) < 4.78 is 26.7. The molecule has 0 saturated heterocycles. The number of nitrogens with zero attached hydrogens (tertiary/aromatic N) is 1. The van der Waals surface area contributed by atoms with Crippen LogP contribution < -0.4 is 5.73 Å². The second-order valence-corrected chi connectivity index (χ2v) is 5.38. The van der Waals surface area contributed by atoms with E-state index in [9.17, 15) is 13.9 Å². The van der Waals surface area contributed by atoms with E-state index in [2.05, 4.69) is 4.98 Å². The van der Waals surface area contributed by atoms with E-state index in [0.717, 1.165) is 11.1 Å². The summed E-state index contributed by atoms with van der Waals surface area (Å²) in [6, 6.07) is 3.21. The monoisotopic (exact) mass is 284 g/mol. The van der Waals surface area contributed by atoms with Crippen molar-refractivity contribution in [3.05, 3.63) is 52.0 Å². The second-order valence-electron chi connectivity index (χ2n) is 4.40. The maximum Gasteiger partial charge on any atom is 0.126 e. The van der Waals surface area contributed by atoms with Crippen molar-refractivity contribution in [2.24, 2.45) is 5.73 Å². The third-order valence-electron chi connectivity index (χ3n) is 3.14. The molecule has 19 heavy (non-hydrogen) atoms. The Bertz CT molecular complexity index is 521. The molecule has 0 radical (unpaired) electrons. The number of thiazole rings is 1. The van der Waals surface area contributed by atoms with Crippen molar-refractivity contribution in [2.75, 3.05) is 13.2 Å². The van der Waals surface area contributed by atoms with Crippen LogP contribution in [-0.4, -0.2) is 23.2 Å². The van der Waals surface area contributed by atoms with Crippen molar-refractivity contribution in [3.8, 4) is 0 Å². The lowest BCUT2D eigenvalue weighted by atomic mass is 9.78. The average molecular weight is 284 g/mol. The minimum Gasteiger partial charge on any atom is -0.395 e. The van der Waals surface area contributed by atoms with Crippen molar-refractivity contribution in [1.29, 1.82) is 0 Å². The van der Waals surface area contributed by atoms with Crippen LogP contribution in [0.25, 0.3) is 0 Å². The molecule has 0 bridgehead atoms. The Morgan fingerprint density at radius 2 is 1.95 bits per heavy atom. The molecule has 2 aromatic rings. The summed E-state index contributed by atoms with van der Waals surface area (Å²) >= 11 is 1.42. The van der Waals surface area contributed by atoms with Gasteiger partial charge in [-0.1, -0.05) is 0 Å². The highest BCUT2D eigenvalue weighted by Crippen LogP contribution is 2.29. The molecule has 0 fully saturated rings. The third-order valence-corrected chi connectivity index (χ3v) is 3.92. The quantitative estimate of drug-likeness (QED) is 0.881. The minimum atomic E-state index is -0.916. The summed E-state index contributed by atoms with van der Waals surface area (Å²) in [4.78, 5) is 4.13. The van der Waals surface area contributed by atoms with Crippen LogP contribution >= 0.6 is 11.3 Å². The van der Waals surface area contributed by atoms with Crippen molar-refractivity contribution >= 4 is 11.3 Å². The fourth-order valence-electron chi connectivity index (χ4n) is 1.99. The Morgan fingerprint density at radius 1 is 1.26 bits per heavy atom. The Kier molecular flexibility index (Phi) is 4.24. The van der Waals surface area contributed by atoms with Gasteiger partial charge >= 0.3 is 0 Å². The number of aliphatic hydroxyl groups excluding tert-OH is 1. The van der Waals surface area contributed by atoms with Gasteiger partial charge in [-0.3, -0.25) is 0 Å². The van der Waals surface area contributed by atoms with Crippen LogP contribution in [-0.2, 0) is 11.8 Å². The van der Waals surface area contributed by atoms with Gasteiger partial charge in [-0.2, -0.15) is 0 Å². The van der Waals surface area contributed by atoms with Gasteiger partial charge in [-0.15, -0.1) is 11.3 Å². The van der Waals surface area contributed by atoms with E-state index < -0.39 is 17.0 Å². The lowest BCUT2D eigenvalue weighted by molar-refractivity contribution is 0.195. The van der Waals surface area contributed by atoms with Crippen molar-refractivity contribution in [2.45, 2.75) is 11.8 Å². The van der Waals surface area contributed by atoms with Gasteiger partial charge in [-0.05, 0) is 17.7 Å². The number of nitrogens with two attached hydrogens (primary N) is 1. The Labute approximate surface area is 113 Å². The van der Waals surface area contributed by atoms with Crippen molar-refractivity contribution < 1.29 is 13.9 Å². The molecule has 0 aliphatic carbocycles. The first-order chi connectivity index (χ1) is 9.09. The van der Waals surface area contributed by atoms with Gasteiger partial charge in [0.05, 0.1) is 11.6 Å². The van der Waals surface area contributed by atoms with Gasteiger partial charge in [0, 0.05) is 36.0 Å². The summed E-state index contributed by atoms with van der Waals surface area (Å²) in [5.41, 5.74) is 5.18. The molecule has 3 nitrogen and oxygen atoms in total. The van der Waals surface area contributed by atoms with Gasteiger partial charge in [0.2, 0.25) is 0 Å². The fourth-order valence-corrected chi connectivity index (χ4v) is 2.75. The van der Waals surface area contributed by atoms with Gasteiger partial charge < -0.3 is 10.8 Å². The van der Waals surface area contributed by atoms with Crippen LogP contribution in [0.1, 0.15) is 10.6 Å². The van der Waals surface area contributed by atoms with Gasteiger partial charge in [0.1, 0.15) is 11.6 Å². The number of halogens is 2. The third kappa shape index (κ3) is 2.97. The van der Waals surface area contributed by atoms with Gasteiger partial charge in [0.15, 0.2) is 0 Å². The molecule has 102 valence electrons. The van der Waals surface area contributed by atoms with Crippen molar-refractivity contribution in [1.82, 2.24) is 4.98 Å². The standard InChI is InChI=1S/C13H14F2N2OS/c14-10-3-9(4-11(15)5-10)13(7-16,8-18)6-12-17-1-2-19-12/h1-5,18H,6-8,16H2. The summed E-state index contributed by atoms with van der Waals surface area (Å²) in [5.74, 6) is -1.36. The zero-order valence-corrected chi connectivity index (χ0v) is 11.0. The zero-order valence-electron chi connectivity index (χ0n) is 10.1. The van der Waals surface area contributed by atoms with E-state index >= 15 is 0 Å². The van der Waals surface area contributed by atoms with Crippen LogP contribution in [0.15, 0.2) is 29.8 Å². The van der Waals surface area contributed by atoms with Crippen LogP contribution in [0, 0.1) is 11.6 Å². The number of benzene rings is 1. The minimum absolute atomic E-state index is 0.0754. The first-order valence-corrected chi connectivity index (χ1v) is 6.63. The first-order valence-electron chi connectivity index (χ1n) is 5.75. The first kappa shape index (κ1) is 14.0. The number of rotatable bonds is 5. The highest BCUT2D eigenvalue weighted by Gasteiger charge is 2.32. The molecule has 1 aromatic carbocycles. The molecule has 1 atom stereocenters. The van der Waals surface area contributed by atoms with Gasteiger partial charge in [-0.25, -0.2) is 13.8 Å². The summed E-state index contributed by atoms with van der Waals surface area (Å²) in [6.45, 7) is -0.224. The van der Waals surface area contributed by atoms with Crippen LogP contribution in [0.2, 0.25) is 0 Å². The molecule has 3 N–H and O–H groups in total. The number of hydrogen-bond donors (Lipinski definition) is 2. The molecular weight excluding hydrogens is 270 g/mol. The Hall–Kier alpha value is -1.37. The fraction of sp³-hybridized carbons (Fsp3) is 0.308. The SMILES string of the molecule is NCC(CO)(Cc1nccs1)c1cc(F)cc(F)c1. The molecule has 0 aliphatic heterocycles. The molecule has 1 aromatic heterocycles. The smallest absolute Gasteiger partial charge is 0.126 e. The van der Waals surface area contributed by atoms with Gasteiger partial charge in [0.25, 0.3) is 0 Å². The highest BCUT2D eigenvalue weighted by atomic mass is 32.1. The van der Waals surface area contributed by atoms with E-state index in [1.54, 1.807) is 11.6 Å². The normalized spacial score (nSPS) is 14.3. The molecule has 2 rings (SSSR count). The Morgan fingerprint density at radius 3 is 2.42 bits per heavy atom. The maximum absolute atomic E-state index is 13.3. The van der Waals surface area contributed by atoms with E-state index in [1.165, 1.54) is 23.5 Å². The van der Waals surface area contributed by atoms with Crippen LogP contribution in [0.4, 0.5) is 8.78 Å². The highest BCUT2D eigenvalue weighted by molar-refractivity contribution is 7.09. The average Bonchev–Trinajstić information content (AvgIpc) is 2.87. The lowest BCUT2D eigenvalue weighted by Gasteiger charge is -2.30. The lowest BCUT2D eigenvalue weighted by Crippen LogP contribution is -2.41. The molecular formula is C13H14F2N2OS. The zero-order chi connectivity index (χ0) is 13.9. The predicted molar refractivity (Wildman–Crippen MR) is 70.0 cm³/mol. The van der Waals surface area contributed by atoms with Crippen molar-refractivity contribution in [3.63, 3.8) is 0 Å². The molecule has 0 amide bonds. The number of aromatic nitrogens is 1. The number of aliphatic hydroxyl groups is 1. The molecule has 1 heterocycles. The molecule has 6 heteroatoms. The molecule has 1 unspecified atom stereocenters. The topological polar surface area (TPSA) is 59.1 Å². The predicted octanol–water partition coefficient (Wildman–Crippen LogP) is 1.85. The largest absolute Gasteiger partial charge is 0.395 e. The van der Waals surface area contributed by atoms with Crippen LogP contribution in [0.3, 0.4) is 0 Å². The number of hydrogen-bond acceptors (Lipinski definition) is 4. The summed E-state index contributed by atoms with van der Waals surface area (Å²) in [6.07, 6.45) is 1.99. The summed E-state index contributed by atoms with van der Waals surface area (Å²) in [5, 5.41) is 12.2. The van der Waals surface area contributed by atoms with Crippen LogP contribution in [0.5, 0.6) is 0 Å². The molecule has 0 saturated carbocycles.